The van der Waals surface area contributed by atoms with Gasteiger partial charge in [-0.15, -0.1) is 0 Å². The SMILES string of the molecule is CN=C(NCCCn1cccn1)N1CCC(CC(=O)NC)CC1. The molecule has 0 radical (unpaired) electrons. The lowest BCUT2D eigenvalue weighted by Crippen LogP contribution is -2.46. The molecule has 1 aromatic rings. The highest BCUT2D eigenvalue weighted by atomic mass is 16.1. The summed E-state index contributed by atoms with van der Waals surface area (Å²) in [5.74, 6) is 1.59. The summed E-state index contributed by atoms with van der Waals surface area (Å²) in [6.07, 6.45) is 7.51. The van der Waals surface area contributed by atoms with Crippen LogP contribution >= 0.6 is 0 Å². The lowest BCUT2D eigenvalue weighted by molar-refractivity contribution is -0.121. The molecular formula is C16H28N6O. The van der Waals surface area contributed by atoms with Crippen molar-refractivity contribution in [3.63, 3.8) is 0 Å². The number of guanidine groups is 1. The molecule has 7 heteroatoms. The van der Waals surface area contributed by atoms with Gasteiger partial charge < -0.3 is 15.5 Å². The molecule has 0 spiro atoms. The number of rotatable bonds is 6. The van der Waals surface area contributed by atoms with Crippen LogP contribution in [0.1, 0.15) is 25.7 Å². The van der Waals surface area contributed by atoms with Crippen LogP contribution in [0.4, 0.5) is 0 Å². The number of amides is 1. The molecule has 0 aliphatic carbocycles. The van der Waals surface area contributed by atoms with Crippen LogP contribution < -0.4 is 10.6 Å². The van der Waals surface area contributed by atoms with Gasteiger partial charge in [0.25, 0.3) is 0 Å². The molecule has 2 rings (SSSR count). The summed E-state index contributed by atoms with van der Waals surface area (Å²) in [7, 11) is 3.53. The van der Waals surface area contributed by atoms with Gasteiger partial charge in [-0.2, -0.15) is 5.10 Å². The third-order valence-electron chi connectivity index (χ3n) is 4.29. The van der Waals surface area contributed by atoms with Crippen molar-refractivity contribution in [1.82, 2.24) is 25.3 Å². The van der Waals surface area contributed by atoms with Gasteiger partial charge in [0.15, 0.2) is 5.96 Å². The second-order valence-corrected chi connectivity index (χ2v) is 5.90. The van der Waals surface area contributed by atoms with Crippen LogP contribution in [0.25, 0.3) is 0 Å². The first-order chi connectivity index (χ1) is 11.2. The Bertz CT molecular complexity index is 491. The number of hydrogen-bond donors (Lipinski definition) is 2. The van der Waals surface area contributed by atoms with Crippen LogP contribution in [-0.2, 0) is 11.3 Å². The number of carbonyl (C=O) groups excluding carboxylic acids is 1. The second kappa shape index (κ2) is 9.17. The maximum absolute atomic E-state index is 11.5. The Morgan fingerprint density at radius 3 is 2.78 bits per heavy atom. The van der Waals surface area contributed by atoms with Crippen molar-refractivity contribution in [2.75, 3.05) is 33.7 Å². The lowest BCUT2D eigenvalue weighted by Gasteiger charge is -2.34. The fraction of sp³-hybridized carbons (Fsp3) is 0.688. The Kier molecular flexibility index (Phi) is 6.90. The molecule has 1 saturated heterocycles. The Labute approximate surface area is 138 Å². The number of likely N-dealkylation sites (tertiary alicyclic amines) is 1. The largest absolute Gasteiger partial charge is 0.359 e. The minimum Gasteiger partial charge on any atom is -0.359 e. The molecule has 0 atom stereocenters. The van der Waals surface area contributed by atoms with Crippen molar-refractivity contribution in [1.29, 1.82) is 0 Å². The predicted octanol–water partition coefficient (Wildman–Crippen LogP) is 0.697. The third kappa shape index (κ3) is 5.58. The fourth-order valence-electron chi connectivity index (χ4n) is 2.92. The molecule has 1 amide bonds. The summed E-state index contributed by atoms with van der Waals surface area (Å²) in [6.45, 7) is 3.71. The van der Waals surface area contributed by atoms with Gasteiger partial charge in [-0.3, -0.25) is 14.5 Å². The van der Waals surface area contributed by atoms with E-state index >= 15 is 0 Å². The van der Waals surface area contributed by atoms with Crippen LogP contribution in [0.2, 0.25) is 0 Å². The number of piperidine rings is 1. The molecule has 1 aliphatic rings. The topological polar surface area (TPSA) is 74.5 Å². The van der Waals surface area contributed by atoms with E-state index in [2.05, 4.69) is 25.6 Å². The molecule has 2 N–H and O–H groups in total. The fourth-order valence-corrected chi connectivity index (χ4v) is 2.92. The standard InChI is InChI=1S/C16H28N6O/c1-17-15(23)13-14-5-11-21(12-6-14)16(18-2)19-7-3-9-22-10-4-8-20-22/h4,8,10,14H,3,5-7,9,11-13H2,1-2H3,(H,17,23)(H,18,19). The van der Waals surface area contributed by atoms with Crippen molar-refractivity contribution >= 4 is 11.9 Å². The number of carbonyl (C=O) groups is 1. The molecule has 1 aliphatic heterocycles. The number of aliphatic imine (C=N–C) groups is 1. The zero-order chi connectivity index (χ0) is 16.5. The molecule has 7 nitrogen and oxygen atoms in total. The number of nitrogens with zero attached hydrogens (tertiary/aromatic N) is 4. The molecule has 0 aromatic carbocycles. The van der Waals surface area contributed by atoms with E-state index in [1.54, 1.807) is 13.2 Å². The summed E-state index contributed by atoms with van der Waals surface area (Å²) >= 11 is 0. The van der Waals surface area contributed by atoms with Gasteiger partial charge >= 0.3 is 0 Å². The van der Waals surface area contributed by atoms with Crippen molar-refractivity contribution in [3.8, 4) is 0 Å². The van der Waals surface area contributed by atoms with E-state index in [0.717, 1.165) is 51.4 Å². The van der Waals surface area contributed by atoms with Crippen LogP contribution in [0, 0.1) is 5.92 Å². The third-order valence-corrected chi connectivity index (χ3v) is 4.29. The molecule has 0 bridgehead atoms. The van der Waals surface area contributed by atoms with Gasteiger partial charge in [-0.1, -0.05) is 0 Å². The maximum atomic E-state index is 11.5. The normalized spacial score (nSPS) is 16.4. The van der Waals surface area contributed by atoms with Crippen LogP contribution in [0.15, 0.2) is 23.5 Å². The van der Waals surface area contributed by atoms with Gasteiger partial charge in [0.05, 0.1) is 0 Å². The smallest absolute Gasteiger partial charge is 0.220 e. The molecule has 1 fully saturated rings. The Hall–Kier alpha value is -2.05. The maximum Gasteiger partial charge on any atom is 0.220 e. The molecule has 1 aromatic heterocycles. The summed E-state index contributed by atoms with van der Waals surface area (Å²) in [5, 5.41) is 10.3. The van der Waals surface area contributed by atoms with Crippen LogP contribution in [0.3, 0.4) is 0 Å². The molecule has 0 unspecified atom stereocenters. The Morgan fingerprint density at radius 2 is 2.17 bits per heavy atom. The second-order valence-electron chi connectivity index (χ2n) is 5.90. The highest BCUT2D eigenvalue weighted by molar-refractivity contribution is 5.80. The number of hydrogen-bond acceptors (Lipinski definition) is 3. The van der Waals surface area contributed by atoms with E-state index in [-0.39, 0.29) is 5.91 Å². The number of aryl methyl sites for hydroxylation is 1. The molecular weight excluding hydrogens is 292 g/mol. The van der Waals surface area contributed by atoms with E-state index < -0.39 is 0 Å². The van der Waals surface area contributed by atoms with Crippen molar-refractivity contribution in [3.05, 3.63) is 18.5 Å². The summed E-state index contributed by atoms with van der Waals surface area (Å²) in [5.41, 5.74) is 0. The van der Waals surface area contributed by atoms with Crippen molar-refractivity contribution in [2.45, 2.75) is 32.2 Å². The van der Waals surface area contributed by atoms with E-state index in [9.17, 15) is 4.79 Å². The zero-order valence-electron chi connectivity index (χ0n) is 14.2. The van der Waals surface area contributed by atoms with Crippen LogP contribution in [0.5, 0.6) is 0 Å². The summed E-state index contributed by atoms with van der Waals surface area (Å²) < 4.78 is 1.94. The molecule has 0 saturated carbocycles. The quantitative estimate of drug-likeness (QED) is 0.460. The van der Waals surface area contributed by atoms with Crippen molar-refractivity contribution < 1.29 is 4.79 Å². The molecule has 23 heavy (non-hydrogen) atoms. The van der Waals surface area contributed by atoms with E-state index in [1.807, 2.05) is 24.0 Å². The first kappa shape index (κ1) is 17.3. The van der Waals surface area contributed by atoms with Crippen LogP contribution in [-0.4, -0.2) is 60.3 Å². The Balaban J connectivity index is 1.67. The average molecular weight is 320 g/mol. The first-order valence-electron chi connectivity index (χ1n) is 8.36. The molecule has 2 heterocycles. The van der Waals surface area contributed by atoms with E-state index in [4.69, 9.17) is 0 Å². The van der Waals surface area contributed by atoms with Gasteiger partial charge in [0.1, 0.15) is 0 Å². The highest BCUT2D eigenvalue weighted by Crippen LogP contribution is 2.20. The Morgan fingerprint density at radius 1 is 1.39 bits per heavy atom. The predicted molar refractivity (Wildman–Crippen MR) is 91.2 cm³/mol. The number of aromatic nitrogens is 2. The van der Waals surface area contributed by atoms with Crippen molar-refractivity contribution in [2.24, 2.45) is 10.9 Å². The average Bonchev–Trinajstić information content (AvgIpc) is 3.09. The highest BCUT2D eigenvalue weighted by Gasteiger charge is 2.22. The summed E-state index contributed by atoms with van der Waals surface area (Å²) in [6, 6.07) is 1.94. The molecule has 128 valence electrons. The minimum absolute atomic E-state index is 0.143. The minimum atomic E-state index is 0.143. The van der Waals surface area contributed by atoms with E-state index in [0.29, 0.717) is 12.3 Å². The summed E-state index contributed by atoms with van der Waals surface area (Å²) in [4.78, 5) is 18.1. The van der Waals surface area contributed by atoms with Gasteiger partial charge in [0, 0.05) is 59.1 Å². The van der Waals surface area contributed by atoms with Gasteiger partial charge in [-0.05, 0) is 31.2 Å². The first-order valence-corrected chi connectivity index (χ1v) is 8.36. The lowest BCUT2D eigenvalue weighted by atomic mass is 9.93. The zero-order valence-corrected chi connectivity index (χ0v) is 14.2. The van der Waals surface area contributed by atoms with Gasteiger partial charge in [0.2, 0.25) is 5.91 Å². The monoisotopic (exact) mass is 320 g/mol. The number of nitrogens with one attached hydrogen (secondary N) is 2. The van der Waals surface area contributed by atoms with E-state index in [1.165, 1.54) is 0 Å². The van der Waals surface area contributed by atoms with Gasteiger partial charge in [-0.25, -0.2) is 0 Å².